The summed E-state index contributed by atoms with van der Waals surface area (Å²) in [6.45, 7) is 27.4. The van der Waals surface area contributed by atoms with Crippen LogP contribution in [0.1, 0.15) is 89.0 Å². The second kappa shape index (κ2) is 7.92. The van der Waals surface area contributed by atoms with E-state index in [9.17, 15) is 0 Å². The number of hydrogen-bond acceptors (Lipinski definition) is 0. The summed E-state index contributed by atoms with van der Waals surface area (Å²) in [7, 11) is 0. The molecule has 23 heavy (non-hydrogen) atoms. The summed E-state index contributed by atoms with van der Waals surface area (Å²) in [5, 5.41) is 0. The first-order valence-electron chi connectivity index (χ1n) is 10.4. The average Bonchev–Trinajstić information content (AvgIpc) is 2.54. The van der Waals surface area contributed by atoms with Gasteiger partial charge in [0.05, 0.1) is 0 Å². The van der Waals surface area contributed by atoms with Crippen molar-refractivity contribution in [1.29, 1.82) is 0 Å². The van der Waals surface area contributed by atoms with E-state index in [1.807, 2.05) is 0 Å². The highest BCUT2D eigenvalue weighted by atomic mass is 14.5. The quantitative estimate of drug-likeness (QED) is 0.469. The van der Waals surface area contributed by atoms with Gasteiger partial charge in [-0.2, -0.15) is 0 Å². The van der Waals surface area contributed by atoms with Crippen molar-refractivity contribution in [3.05, 3.63) is 0 Å². The van der Waals surface area contributed by atoms with E-state index in [1.54, 1.807) is 0 Å². The first-order chi connectivity index (χ1) is 10.4. The van der Waals surface area contributed by atoms with Crippen LogP contribution in [-0.4, -0.2) is 0 Å². The molecule has 0 aromatic rings. The Morgan fingerprint density at radius 3 is 1.30 bits per heavy atom. The van der Waals surface area contributed by atoms with Gasteiger partial charge >= 0.3 is 0 Å². The maximum Gasteiger partial charge on any atom is -0.0324 e. The Kier molecular flexibility index (Phi) is 7.25. The zero-order chi connectivity index (χ0) is 18.1. The molecule has 0 aliphatic heterocycles. The molecule has 1 aliphatic rings. The van der Waals surface area contributed by atoms with Gasteiger partial charge in [0.1, 0.15) is 0 Å². The van der Waals surface area contributed by atoms with Crippen LogP contribution < -0.4 is 0 Å². The van der Waals surface area contributed by atoms with E-state index >= 15 is 0 Å². The summed E-state index contributed by atoms with van der Waals surface area (Å²) in [4.78, 5) is 0. The standard InChI is InChI=1S/C23H46/c1-14(2)18-12-13-19(23(9,10)11)21(16(5)6)22(17(7)8)20(18)15(3)4/h14-22H,12-13H2,1-11H3. The van der Waals surface area contributed by atoms with E-state index in [0.717, 1.165) is 53.3 Å². The molecule has 0 amide bonds. The maximum atomic E-state index is 2.50. The molecule has 0 saturated heterocycles. The highest BCUT2D eigenvalue weighted by molar-refractivity contribution is 4.96. The van der Waals surface area contributed by atoms with Crippen LogP contribution in [0.25, 0.3) is 0 Å². The lowest BCUT2D eigenvalue weighted by Gasteiger charge is -2.47. The molecule has 0 nitrogen and oxygen atoms in total. The molecule has 5 unspecified atom stereocenters. The van der Waals surface area contributed by atoms with Crippen LogP contribution in [0.3, 0.4) is 0 Å². The van der Waals surface area contributed by atoms with Crippen LogP contribution in [0.4, 0.5) is 0 Å². The van der Waals surface area contributed by atoms with E-state index in [4.69, 9.17) is 0 Å². The minimum Gasteiger partial charge on any atom is -0.0625 e. The Balaban J connectivity index is 3.43. The van der Waals surface area contributed by atoms with Gasteiger partial charge < -0.3 is 0 Å². The van der Waals surface area contributed by atoms with Crippen molar-refractivity contribution >= 4 is 0 Å². The first-order valence-corrected chi connectivity index (χ1v) is 10.4. The third-order valence-electron chi connectivity index (χ3n) is 6.94. The Morgan fingerprint density at radius 2 is 1.00 bits per heavy atom. The summed E-state index contributed by atoms with van der Waals surface area (Å²) in [5.74, 6) is 7.58. The van der Waals surface area contributed by atoms with E-state index in [2.05, 4.69) is 76.2 Å². The van der Waals surface area contributed by atoms with Gasteiger partial charge in [-0.05, 0) is 71.5 Å². The van der Waals surface area contributed by atoms with Crippen LogP contribution in [0.5, 0.6) is 0 Å². The monoisotopic (exact) mass is 322 g/mol. The van der Waals surface area contributed by atoms with Gasteiger partial charge in [0.25, 0.3) is 0 Å². The minimum atomic E-state index is 0.426. The number of hydrogen-bond donors (Lipinski definition) is 0. The molecule has 0 N–H and O–H groups in total. The number of rotatable bonds is 4. The minimum absolute atomic E-state index is 0.426. The summed E-state index contributed by atoms with van der Waals surface area (Å²) >= 11 is 0. The Bertz CT molecular complexity index is 342. The molecule has 0 bridgehead atoms. The molecule has 1 aliphatic carbocycles. The topological polar surface area (TPSA) is 0 Å². The Morgan fingerprint density at radius 1 is 0.565 bits per heavy atom. The predicted molar refractivity (Wildman–Crippen MR) is 105 cm³/mol. The molecule has 1 saturated carbocycles. The molecule has 138 valence electrons. The zero-order valence-corrected chi connectivity index (χ0v) is 18.1. The summed E-state index contributed by atoms with van der Waals surface area (Å²) < 4.78 is 0. The third-order valence-corrected chi connectivity index (χ3v) is 6.94. The van der Waals surface area contributed by atoms with Crippen molar-refractivity contribution in [2.75, 3.05) is 0 Å². The molecule has 0 aromatic carbocycles. The van der Waals surface area contributed by atoms with Crippen molar-refractivity contribution in [3.63, 3.8) is 0 Å². The fourth-order valence-electron chi connectivity index (χ4n) is 6.09. The highest BCUT2D eigenvalue weighted by Gasteiger charge is 2.48. The molecule has 0 heteroatoms. The third kappa shape index (κ3) is 4.76. The fourth-order valence-corrected chi connectivity index (χ4v) is 6.09. The molecule has 0 radical (unpaired) electrons. The SMILES string of the molecule is CC(C)C1CCC(C(C)(C)C)C(C(C)C)C(C(C)C)C1C(C)C. The second-order valence-electron chi connectivity index (χ2n) is 10.9. The highest BCUT2D eigenvalue weighted by Crippen LogP contribution is 2.54. The lowest BCUT2D eigenvalue weighted by Crippen LogP contribution is -2.42. The average molecular weight is 323 g/mol. The van der Waals surface area contributed by atoms with E-state index in [1.165, 1.54) is 12.8 Å². The van der Waals surface area contributed by atoms with Crippen molar-refractivity contribution in [3.8, 4) is 0 Å². The zero-order valence-electron chi connectivity index (χ0n) is 18.1. The molecular weight excluding hydrogens is 276 g/mol. The Labute approximate surface area is 148 Å². The van der Waals surface area contributed by atoms with Gasteiger partial charge in [-0.1, -0.05) is 76.2 Å². The van der Waals surface area contributed by atoms with Gasteiger partial charge in [-0.25, -0.2) is 0 Å². The summed E-state index contributed by atoms with van der Waals surface area (Å²) in [6.07, 6.45) is 2.87. The molecule has 1 fully saturated rings. The molecule has 5 atom stereocenters. The molecular formula is C23H46. The van der Waals surface area contributed by atoms with E-state index in [0.29, 0.717) is 5.41 Å². The Hall–Kier alpha value is 0. The largest absolute Gasteiger partial charge is 0.0625 e. The first kappa shape index (κ1) is 21.0. The molecule has 0 spiro atoms. The van der Waals surface area contributed by atoms with Crippen LogP contribution in [0.15, 0.2) is 0 Å². The van der Waals surface area contributed by atoms with Gasteiger partial charge in [0.2, 0.25) is 0 Å². The second-order valence-corrected chi connectivity index (χ2v) is 10.9. The van der Waals surface area contributed by atoms with E-state index < -0.39 is 0 Å². The molecule has 1 rings (SSSR count). The van der Waals surface area contributed by atoms with Crippen LogP contribution in [0.2, 0.25) is 0 Å². The van der Waals surface area contributed by atoms with E-state index in [-0.39, 0.29) is 0 Å². The predicted octanol–water partition coefficient (Wildman–Crippen LogP) is 7.53. The van der Waals surface area contributed by atoms with Crippen molar-refractivity contribution in [2.45, 2.75) is 89.0 Å². The van der Waals surface area contributed by atoms with Crippen molar-refractivity contribution < 1.29 is 0 Å². The normalized spacial score (nSPS) is 33.8. The van der Waals surface area contributed by atoms with Gasteiger partial charge in [0, 0.05) is 0 Å². The molecule has 0 aromatic heterocycles. The lowest BCUT2D eigenvalue weighted by molar-refractivity contribution is 0.00644. The fraction of sp³-hybridized carbons (Fsp3) is 1.00. The van der Waals surface area contributed by atoms with Crippen LogP contribution in [0, 0.1) is 58.7 Å². The lowest BCUT2D eigenvalue weighted by atomic mass is 9.58. The maximum absolute atomic E-state index is 2.50. The van der Waals surface area contributed by atoms with Crippen LogP contribution >= 0.6 is 0 Å². The molecule has 0 heterocycles. The summed E-state index contributed by atoms with van der Waals surface area (Å²) in [5.41, 5.74) is 0.426. The van der Waals surface area contributed by atoms with Gasteiger partial charge in [-0.3, -0.25) is 0 Å². The van der Waals surface area contributed by atoms with Gasteiger partial charge in [-0.15, -0.1) is 0 Å². The van der Waals surface area contributed by atoms with Crippen molar-refractivity contribution in [2.24, 2.45) is 58.7 Å². The smallest absolute Gasteiger partial charge is 0.0324 e. The van der Waals surface area contributed by atoms with Crippen LogP contribution in [-0.2, 0) is 0 Å². The van der Waals surface area contributed by atoms with Gasteiger partial charge in [0.15, 0.2) is 0 Å². The summed E-state index contributed by atoms with van der Waals surface area (Å²) in [6, 6.07) is 0. The van der Waals surface area contributed by atoms with Crippen molar-refractivity contribution in [1.82, 2.24) is 0 Å².